The maximum Gasteiger partial charge on any atom is 0.328 e. The van der Waals surface area contributed by atoms with Crippen LogP contribution in [0.25, 0.3) is 0 Å². The monoisotopic (exact) mass is 441 g/mol. The Kier molecular flexibility index (Phi) is 6.01. The van der Waals surface area contributed by atoms with Crippen LogP contribution < -0.4 is 16.0 Å². The van der Waals surface area contributed by atoms with Crippen molar-refractivity contribution in [1.29, 1.82) is 0 Å². The number of carbonyl (C=O) groups excluding carboxylic acids is 2. The Morgan fingerprint density at radius 1 is 1.21 bits per heavy atom. The van der Waals surface area contributed by atoms with Gasteiger partial charge in [-0.05, 0) is 41.7 Å². The summed E-state index contributed by atoms with van der Waals surface area (Å²) in [6, 6.07) is 2.85. The standard InChI is InChI=1S/C20H25Cl2N3O4/c1-9-10-7-11(20(10,2)3)16(9)25-19(29)23-8-14(18(27)28)24-17(26)15-12(21)5-4-6-13(15)22/h4-6,9-11,14,16H,7-8H2,1-3H3,(H,24,26)(H,27,28)(H2,23,25,29)/t9?,10?,11?,14-,16?/m0/s1. The van der Waals surface area contributed by atoms with Crippen LogP contribution in [-0.4, -0.2) is 41.6 Å². The number of carboxylic acids is 1. The quantitative estimate of drug-likeness (QED) is 0.543. The van der Waals surface area contributed by atoms with Crippen molar-refractivity contribution in [2.45, 2.75) is 39.3 Å². The molecule has 9 heteroatoms. The van der Waals surface area contributed by atoms with Gasteiger partial charge >= 0.3 is 12.0 Å². The normalized spacial score (nSPS) is 27.5. The molecule has 3 fully saturated rings. The molecule has 0 heterocycles. The highest BCUT2D eigenvalue weighted by Gasteiger charge is 2.62. The second-order valence-corrected chi connectivity index (χ2v) is 9.28. The summed E-state index contributed by atoms with van der Waals surface area (Å²) in [7, 11) is 0. The number of hydrogen-bond acceptors (Lipinski definition) is 3. The van der Waals surface area contributed by atoms with Crippen LogP contribution in [0.2, 0.25) is 10.0 Å². The first-order chi connectivity index (χ1) is 13.5. The van der Waals surface area contributed by atoms with E-state index in [1.807, 2.05) is 0 Å². The molecule has 7 nitrogen and oxygen atoms in total. The summed E-state index contributed by atoms with van der Waals surface area (Å²) in [6.45, 7) is 6.31. The number of halogens is 2. The summed E-state index contributed by atoms with van der Waals surface area (Å²) in [5.41, 5.74) is 0.205. The minimum Gasteiger partial charge on any atom is -0.480 e. The first kappa shape index (κ1) is 21.7. The van der Waals surface area contributed by atoms with Crippen molar-refractivity contribution in [3.05, 3.63) is 33.8 Å². The highest BCUT2D eigenvalue weighted by atomic mass is 35.5. The number of carbonyl (C=O) groups is 3. The molecule has 0 aliphatic heterocycles. The Morgan fingerprint density at radius 2 is 1.83 bits per heavy atom. The molecule has 3 saturated carbocycles. The molecule has 29 heavy (non-hydrogen) atoms. The van der Waals surface area contributed by atoms with Crippen molar-refractivity contribution in [2.24, 2.45) is 23.2 Å². The number of benzene rings is 1. The Labute approximate surface area is 179 Å². The van der Waals surface area contributed by atoms with Crippen LogP contribution in [-0.2, 0) is 4.79 Å². The predicted molar refractivity (Wildman–Crippen MR) is 110 cm³/mol. The summed E-state index contributed by atoms with van der Waals surface area (Å²) in [6.07, 6.45) is 1.10. The first-order valence-electron chi connectivity index (χ1n) is 9.56. The van der Waals surface area contributed by atoms with Crippen LogP contribution in [0.4, 0.5) is 4.79 Å². The van der Waals surface area contributed by atoms with E-state index in [9.17, 15) is 19.5 Å². The topological polar surface area (TPSA) is 108 Å². The highest BCUT2D eigenvalue weighted by Crippen LogP contribution is 2.64. The number of carboxylic acid groups (broad SMARTS) is 1. The van der Waals surface area contributed by atoms with Gasteiger partial charge < -0.3 is 21.1 Å². The van der Waals surface area contributed by atoms with Gasteiger partial charge in [-0.25, -0.2) is 9.59 Å². The lowest BCUT2D eigenvalue weighted by Gasteiger charge is -2.45. The van der Waals surface area contributed by atoms with E-state index in [1.54, 1.807) is 6.07 Å². The molecular weight excluding hydrogens is 417 g/mol. The molecule has 1 aromatic rings. The van der Waals surface area contributed by atoms with Gasteiger partial charge in [-0.3, -0.25) is 4.79 Å². The molecule has 3 aliphatic carbocycles. The van der Waals surface area contributed by atoms with E-state index in [4.69, 9.17) is 23.2 Å². The maximum atomic E-state index is 12.4. The second kappa shape index (κ2) is 8.03. The first-order valence-corrected chi connectivity index (χ1v) is 10.3. The van der Waals surface area contributed by atoms with Crippen LogP contribution in [0.1, 0.15) is 37.6 Å². The third-order valence-electron chi connectivity index (χ3n) is 6.61. The van der Waals surface area contributed by atoms with E-state index in [0.717, 1.165) is 6.42 Å². The lowest BCUT2D eigenvalue weighted by molar-refractivity contribution is -0.139. The average Bonchev–Trinajstić information content (AvgIpc) is 3.05. The molecule has 4 N–H and O–H groups in total. The summed E-state index contributed by atoms with van der Waals surface area (Å²) in [4.78, 5) is 36.3. The summed E-state index contributed by atoms with van der Waals surface area (Å²) in [5.74, 6) is -0.616. The molecular formula is C20H25Cl2N3O4. The molecule has 2 bridgehead atoms. The van der Waals surface area contributed by atoms with Crippen molar-refractivity contribution < 1.29 is 19.5 Å². The maximum absolute atomic E-state index is 12.4. The van der Waals surface area contributed by atoms with Crippen molar-refractivity contribution in [3.8, 4) is 0 Å². The van der Waals surface area contributed by atoms with Crippen LogP contribution in [0, 0.1) is 23.2 Å². The fourth-order valence-electron chi connectivity index (χ4n) is 4.89. The van der Waals surface area contributed by atoms with Crippen LogP contribution in [0.3, 0.4) is 0 Å². The van der Waals surface area contributed by atoms with E-state index in [0.29, 0.717) is 17.8 Å². The van der Waals surface area contributed by atoms with Crippen molar-refractivity contribution in [2.75, 3.05) is 6.54 Å². The number of aliphatic carboxylic acids is 1. The number of rotatable bonds is 6. The fourth-order valence-corrected chi connectivity index (χ4v) is 5.46. The molecule has 4 rings (SSSR count). The van der Waals surface area contributed by atoms with Gasteiger partial charge in [-0.15, -0.1) is 0 Å². The number of fused-ring (bicyclic) bond motifs is 1. The van der Waals surface area contributed by atoms with Crippen LogP contribution in [0.5, 0.6) is 0 Å². The summed E-state index contributed by atoms with van der Waals surface area (Å²) in [5, 5.41) is 17.5. The average molecular weight is 442 g/mol. The van der Waals surface area contributed by atoms with Crippen molar-refractivity contribution in [3.63, 3.8) is 0 Å². The minimum absolute atomic E-state index is 0.00618. The lowest BCUT2D eigenvalue weighted by atomic mass is 9.60. The Bertz CT molecular complexity index is 825. The van der Waals surface area contributed by atoms with Crippen LogP contribution >= 0.6 is 23.2 Å². The van der Waals surface area contributed by atoms with E-state index in [1.165, 1.54) is 12.1 Å². The molecule has 0 radical (unpaired) electrons. The molecule has 3 aliphatic rings. The number of nitrogens with one attached hydrogen (secondary N) is 3. The molecule has 158 valence electrons. The van der Waals surface area contributed by atoms with Gasteiger partial charge in [-0.1, -0.05) is 50.0 Å². The van der Waals surface area contributed by atoms with E-state index in [-0.39, 0.29) is 33.6 Å². The van der Waals surface area contributed by atoms with E-state index in [2.05, 4.69) is 36.7 Å². The van der Waals surface area contributed by atoms with E-state index >= 15 is 0 Å². The minimum atomic E-state index is -1.33. The zero-order valence-electron chi connectivity index (χ0n) is 16.5. The Morgan fingerprint density at radius 3 is 2.31 bits per heavy atom. The SMILES string of the molecule is CC1C(NC(=O)NC[C@H](NC(=O)c2c(Cl)cccc2Cl)C(=O)O)C2CC1C2(C)C. The zero-order valence-corrected chi connectivity index (χ0v) is 18.0. The largest absolute Gasteiger partial charge is 0.480 e. The van der Waals surface area contributed by atoms with Crippen LogP contribution in [0.15, 0.2) is 18.2 Å². The molecule has 3 amide bonds. The van der Waals surface area contributed by atoms with Gasteiger partial charge in [0.2, 0.25) is 0 Å². The van der Waals surface area contributed by atoms with Gasteiger partial charge in [-0.2, -0.15) is 0 Å². The zero-order chi connectivity index (χ0) is 21.5. The molecule has 5 atom stereocenters. The fraction of sp³-hybridized carbons (Fsp3) is 0.550. The number of hydrogen-bond donors (Lipinski definition) is 4. The van der Waals surface area contributed by atoms with Gasteiger partial charge in [0, 0.05) is 6.04 Å². The summed E-state index contributed by atoms with van der Waals surface area (Å²) >= 11 is 12.0. The number of amides is 3. The highest BCUT2D eigenvalue weighted by molar-refractivity contribution is 6.39. The van der Waals surface area contributed by atoms with Crippen molar-refractivity contribution in [1.82, 2.24) is 16.0 Å². The Balaban J connectivity index is 1.57. The van der Waals surface area contributed by atoms with E-state index < -0.39 is 23.9 Å². The molecule has 0 aromatic heterocycles. The molecule has 4 unspecified atom stereocenters. The van der Waals surface area contributed by atoms with Gasteiger partial charge in [0.05, 0.1) is 22.2 Å². The van der Waals surface area contributed by atoms with Gasteiger partial charge in [0.1, 0.15) is 6.04 Å². The molecule has 0 spiro atoms. The molecule has 1 aromatic carbocycles. The second-order valence-electron chi connectivity index (χ2n) is 8.47. The number of urea groups is 1. The molecule has 0 saturated heterocycles. The third-order valence-corrected chi connectivity index (χ3v) is 7.24. The van der Waals surface area contributed by atoms with Gasteiger partial charge in [0.25, 0.3) is 5.91 Å². The third kappa shape index (κ3) is 4.03. The predicted octanol–water partition coefficient (Wildman–Crippen LogP) is 3.16. The van der Waals surface area contributed by atoms with Gasteiger partial charge in [0.15, 0.2) is 0 Å². The summed E-state index contributed by atoms with van der Waals surface area (Å²) < 4.78 is 0. The van der Waals surface area contributed by atoms with Crippen molar-refractivity contribution >= 4 is 41.1 Å². The Hall–Kier alpha value is -1.99. The smallest absolute Gasteiger partial charge is 0.328 e. The lowest BCUT2D eigenvalue weighted by Crippen LogP contribution is -2.53.